The Morgan fingerprint density at radius 1 is 1.12 bits per heavy atom. The number of hydrogen-bond acceptors (Lipinski definition) is 5. The normalized spacial score (nSPS) is 30.9. The van der Waals surface area contributed by atoms with E-state index < -0.39 is 0 Å². The summed E-state index contributed by atoms with van der Waals surface area (Å²) in [5.41, 5.74) is 6.05. The molecule has 1 saturated heterocycles. The van der Waals surface area contributed by atoms with Crippen LogP contribution in [0.4, 0.5) is 0 Å². The van der Waals surface area contributed by atoms with E-state index in [4.69, 9.17) is 15.0 Å². The Morgan fingerprint density at radius 3 is 2.65 bits per heavy atom. The van der Waals surface area contributed by atoms with Crippen molar-refractivity contribution in [3.05, 3.63) is 11.7 Å². The standard InChI is InChI=1S/C12H19N3O2/c13-10-3-1-2-9(10)12-14-11(15-17-12)8-4-6-16-7-5-8/h8-10H,1-7,13H2. The van der Waals surface area contributed by atoms with E-state index >= 15 is 0 Å². The molecule has 1 aliphatic heterocycles. The van der Waals surface area contributed by atoms with Crippen LogP contribution < -0.4 is 5.73 Å². The number of nitrogens with zero attached hydrogens (tertiary/aromatic N) is 2. The summed E-state index contributed by atoms with van der Waals surface area (Å²) in [7, 11) is 0. The molecule has 17 heavy (non-hydrogen) atoms. The predicted octanol–water partition coefficient (Wildman–Crippen LogP) is 1.56. The average molecular weight is 237 g/mol. The van der Waals surface area contributed by atoms with Crippen LogP contribution in [0.25, 0.3) is 0 Å². The van der Waals surface area contributed by atoms with Gasteiger partial charge in [0.2, 0.25) is 5.89 Å². The van der Waals surface area contributed by atoms with E-state index in [1.54, 1.807) is 0 Å². The predicted molar refractivity (Wildman–Crippen MR) is 61.7 cm³/mol. The quantitative estimate of drug-likeness (QED) is 0.844. The van der Waals surface area contributed by atoms with E-state index in [2.05, 4.69) is 10.1 Å². The van der Waals surface area contributed by atoms with Crippen molar-refractivity contribution in [1.82, 2.24) is 10.1 Å². The number of rotatable bonds is 2. The maximum atomic E-state index is 6.05. The molecule has 0 amide bonds. The lowest BCUT2D eigenvalue weighted by molar-refractivity contribution is 0.0830. The van der Waals surface area contributed by atoms with E-state index in [1.807, 2.05) is 0 Å². The summed E-state index contributed by atoms with van der Waals surface area (Å²) in [5, 5.41) is 4.12. The van der Waals surface area contributed by atoms with E-state index in [1.165, 1.54) is 6.42 Å². The molecule has 2 aliphatic rings. The third kappa shape index (κ3) is 2.21. The van der Waals surface area contributed by atoms with Gasteiger partial charge in [-0.15, -0.1) is 0 Å². The highest BCUT2D eigenvalue weighted by Gasteiger charge is 2.31. The van der Waals surface area contributed by atoms with E-state index in [9.17, 15) is 0 Å². The molecule has 5 nitrogen and oxygen atoms in total. The first-order valence-corrected chi connectivity index (χ1v) is 6.51. The highest BCUT2D eigenvalue weighted by atomic mass is 16.5. The molecule has 0 bridgehead atoms. The van der Waals surface area contributed by atoms with Gasteiger partial charge in [0.1, 0.15) is 0 Å². The van der Waals surface area contributed by atoms with Crippen molar-refractivity contribution < 1.29 is 9.26 Å². The first-order chi connectivity index (χ1) is 8.34. The molecule has 2 N–H and O–H groups in total. The van der Waals surface area contributed by atoms with Crippen molar-refractivity contribution in [2.75, 3.05) is 13.2 Å². The van der Waals surface area contributed by atoms with Crippen LogP contribution in [0, 0.1) is 0 Å². The first kappa shape index (κ1) is 11.2. The fourth-order valence-electron chi connectivity index (χ4n) is 2.81. The highest BCUT2D eigenvalue weighted by molar-refractivity contribution is 5.04. The van der Waals surface area contributed by atoms with Gasteiger partial charge in [-0.2, -0.15) is 4.98 Å². The van der Waals surface area contributed by atoms with Crippen molar-refractivity contribution in [3.8, 4) is 0 Å². The van der Waals surface area contributed by atoms with Gasteiger partial charge in [-0.05, 0) is 25.7 Å². The molecule has 2 fully saturated rings. The Kier molecular flexibility index (Phi) is 3.11. The van der Waals surface area contributed by atoms with Gasteiger partial charge in [-0.25, -0.2) is 0 Å². The Morgan fingerprint density at radius 2 is 1.94 bits per heavy atom. The summed E-state index contributed by atoms with van der Waals surface area (Å²) < 4.78 is 10.7. The maximum absolute atomic E-state index is 6.05. The van der Waals surface area contributed by atoms with Crippen LogP contribution in [-0.2, 0) is 4.74 Å². The largest absolute Gasteiger partial charge is 0.381 e. The molecule has 1 saturated carbocycles. The van der Waals surface area contributed by atoms with Crippen LogP contribution in [-0.4, -0.2) is 29.4 Å². The van der Waals surface area contributed by atoms with Crippen LogP contribution in [0.5, 0.6) is 0 Å². The van der Waals surface area contributed by atoms with Crippen molar-refractivity contribution >= 4 is 0 Å². The van der Waals surface area contributed by atoms with Gasteiger partial charge in [0, 0.05) is 25.2 Å². The van der Waals surface area contributed by atoms with Crippen LogP contribution >= 0.6 is 0 Å². The molecule has 3 rings (SSSR count). The molecule has 1 aromatic heterocycles. The molecule has 0 radical (unpaired) electrons. The summed E-state index contributed by atoms with van der Waals surface area (Å²) in [5.74, 6) is 2.27. The fourth-order valence-corrected chi connectivity index (χ4v) is 2.81. The third-order valence-electron chi connectivity index (χ3n) is 3.93. The van der Waals surface area contributed by atoms with Crippen molar-refractivity contribution in [2.45, 2.75) is 50.0 Å². The molecule has 2 atom stereocenters. The van der Waals surface area contributed by atoms with Gasteiger partial charge < -0.3 is 15.0 Å². The molecule has 2 unspecified atom stereocenters. The van der Waals surface area contributed by atoms with Crippen molar-refractivity contribution in [2.24, 2.45) is 5.73 Å². The summed E-state index contributed by atoms with van der Waals surface area (Å²) in [6.45, 7) is 1.61. The number of nitrogens with two attached hydrogens (primary N) is 1. The molecule has 0 aromatic carbocycles. The Hall–Kier alpha value is -0.940. The second-order valence-corrected chi connectivity index (χ2v) is 5.08. The zero-order chi connectivity index (χ0) is 11.7. The van der Waals surface area contributed by atoms with Crippen LogP contribution in [0.1, 0.15) is 55.7 Å². The third-order valence-corrected chi connectivity index (χ3v) is 3.93. The van der Waals surface area contributed by atoms with Crippen molar-refractivity contribution in [1.29, 1.82) is 0 Å². The Labute approximate surface area is 101 Å². The summed E-state index contributed by atoms with van der Waals surface area (Å²) in [6.07, 6.45) is 5.31. The van der Waals surface area contributed by atoms with E-state index in [-0.39, 0.29) is 12.0 Å². The van der Waals surface area contributed by atoms with Crippen LogP contribution in [0.3, 0.4) is 0 Å². The monoisotopic (exact) mass is 237 g/mol. The zero-order valence-electron chi connectivity index (χ0n) is 9.97. The number of hydrogen-bond donors (Lipinski definition) is 1. The second-order valence-electron chi connectivity index (χ2n) is 5.08. The highest BCUT2D eigenvalue weighted by Crippen LogP contribution is 2.33. The lowest BCUT2D eigenvalue weighted by Gasteiger charge is -2.18. The summed E-state index contributed by atoms with van der Waals surface area (Å²) >= 11 is 0. The Bertz CT molecular complexity index is 374. The zero-order valence-corrected chi connectivity index (χ0v) is 9.97. The molecule has 5 heteroatoms. The van der Waals surface area contributed by atoms with Gasteiger partial charge in [-0.1, -0.05) is 11.6 Å². The minimum Gasteiger partial charge on any atom is -0.381 e. The maximum Gasteiger partial charge on any atom is 0.231 e. The van der Waals surface area contributed by atoms with Gasteiger partial charge >= 0.3 is 0 Å². The molecule has 0 spiro atoms. The lowest BCUT2D eigenvalue weighted by Crippen LogP contribution is -2.23. The van der Waals surface area contributed by atoms with Gasteiger partial charge in [0.05, 0.1) is 5.92 Å². The molecular formula is C12H19N3O2. The molecule has 2 heterocycles. The van der Waals surface area contributed by atoms with Gasteiger partial charge in [0.15, 0.2) is 5.82 Å². The smallest absolute Gasteiger partial charge is 0.231 e. The molecule has 1 aliphatic carbocycles. The minimum atomic E-state index is 0.193. The minimum absolute atomic E-state index is 0.193. The Balaban J connectivity index is 1.73. The van der Waals surface area contributed by atoms with Crippen LogP contribution in [0.2, 0.25) is 0 Å². The van der Waals surface area contributed by atoms with Gasteiger partial charge in [-0.3, -0.25) is 0 Å². The van der Waals surface area contributed by atoms with Gasteiger partial charge in [0.25, 0.3) is 0 Å². The van der Waals surface area contributed by atoms with E-state index in [0.29, 0.717) is 5.92 Å². The summed E-state index contributed by atoms with van der Waals surface area (Å²) in [6, 6.07) is 0.193. The number of ether oxygens (including phenoxy) is 1. The van der Waals surface area contributed by atoms with E-state index in [0.717, 1.165) is 50.6 Å². The topological polar surface area (TPSA) is 74.2 Å². The molecule has 94 valence electrons. The second kappa shape index (κ2) is 4.74. The van der Waals surface area contributed by atoms with Crippen molar-refractivity contribution in [3.63, 3.8) is 0 Å². The first-order valence-electron chi connectivity index (χ1n) is 6.51. The fraction of sp³-hybridized carbons (Fsp3) is 0.833. The summed E-state index contributed by atoms with van der Waals surface area (Å²) in [4.78, 5) is 4.55. The SMILES string of the molecule is NC1CCCC1c1nc(C2CCOCC2)no1. The lowest BCUT2D eigenvalue weighted by atomic mass is 9.99. The molecule has 1 aromatic rings. The number of aromatic nitrogens is 2. The molecular weight excluding hydrogens is 218 g/mol. The van der Waals surface area contributed by atoms with Crippen LogP contribution in [0.15, 0.2) is 4.52 Å². The average Bonchev–Trinajstić information content (AvgIpc) is 2.98.